The summed E-state index contributed by atoms with van der Waals surface area (Å²) in [6.07, 6.45) is 7.61. The Bertz CT molecular complexity index is 530. The minimum atomic E-state index is -0.678. The number of nitrogens with one attached hydrogen (secondary N) is 1. The highest BCUT2D eigenvalue weighted by Gasteiger charge is 2.36. The van der Waals surface area contributed by atoms with Gasteiger partial charge < -0.3 is 10.4 Å². The normalized spacial score (nSPS) is 21.7. The first kappa shape index (κ1) is 14.6. The van der Waals surface area contributed by atoms with Crippen molar-refractivity contribution in [1.82, 2.24) is 15.1 Å². The molecule has 3 rings (SSSR count). The average Bonchev–Trinajstić information content (AvgIpc) is 3.20. The molecular formula is C16H25N3O2. The first-order valence-corrected chi connectivity index (χ1v) is 8.12. The molecule has 1 amide bonds. The van der Waals surface area contributed by atoms with E-state index < -0.39 is 5.60 Å². The molecule has 1 unspecified atom stereocenters. The Morgan fingerprint density at radius 3 is 2.81 bits per heavy atom. The molecule has 0 spiro atoms. The van der Waals surface area contributed by atoms with Crippen LogP contribution in [-0.4, -0.2) is 32.9 Å². The third kappa shape index (κ3) is 2.84. The van der Waals surface area contributed by atoms with Crippen molar-refractivity contribution < 1.29 is 9.90 Å². The molecule has 2 fully saturated rings. The van der Waals surface area contributed by atoms with E-state index >= 15 is 0 Å². The first-order chi connectivity index (χ1) is 10.0. The topological polar surface area (TPSA) is 67.2 Å². The van der Waals surface area contributed by atoms with Crippen molar-refractivity contribution in [2.24, 2.45) is 0 Å². The molecule has 116 valence electrons. The van der Waals surface area contributed by atoms with E-state index in [9.17, 15) is 9.90 Å². The van der Waals surface area contributed by atoms with Crippen LogP contribution in [0.15, 0.2) is 6.20 Å². The third-order valence-corrected chi connectivity index (χ3v) is 4.91. The second-order valence-corrected chi connectivity index (χ2v) is 6.68. The van der Waals surface area contributed by atoms with Gasteiger partial charge in [-0.2, -0.15) is 5.10 Å². The van der Waals surface area contributed by atoms with Crippen LogP contribution in [0.3, 0.4) is 0 Å². The summed E-state index contributed by atoms with van der Waals surface area (Å²) in [5, 5.41) is 17.4. The zero-order valence-electron chi connectivity index (χ0n) is 12.9. The van der Waals surface area contributed by atoms with Crippen LogP contribution < -0.4 is 5.32 Å². The molecule has 1 aromatic heterocycles. The van der Waals surface area contributed by atoms with Gasteiger partial charge in [-0.05, 0) is 45.4 Å². The predicted octanol–water partition coefficient (Wildman–Crippen LogP) is 2.38. The molecule has 1 heterocycles. The number of rotatable bonds is 6. The standard InChI is InChI=1S/C16H25N3O2/c1-3-11(2)19-14(12-5-6-12)13(9-18-19)15(20)17-10-16(21)7-4-8-16/h9,11-12,21H,3-8,10H2,1-2H3,(H,17,20). The lowest BCUT2D eigenvalue weighted by molar-refractivity contribution is -0.0300. The quantitative estimate of drug-likeness (QED) is 0.845. The summed E-state index contributed by atoms with van der Waals surface area (Å²) >= 11 is 0. The van der Waals surface area contributed by atoms with E-state index in [0.717, 1.165) is 44.2 Å². The van der Waals surface area contributed by atoms with E-state index in [-0.39, 0.29) is 5.91 Å². The van der Waals surface area contributed by atoms with Crippen LogP contribution in [0.1, 0.15) is 80.4 Å². The summed E-state index contributed by atoms with van der Waals surface area (Å²) in [7, 11) is 0. The number of nitrogens with zero attached hydrogens (tertiary/aromatic N) is 2. The Morgan fingerprint density at radius 2 is 2.29 bits per heavy atom. The molecule has 0 aliphatic heterocycles. The molecule has 21 heavy (non-hydrogen) atoms. The van der Waals surface area contributed by atoms with Gasteiger partial charge in [-0.3, -0.25) is 9.48 Å². The zero-order chi connectivity index (χ0) is 15.0. The molecular weight excluding hydrogens is 266 g/mol. The van der Waals surface area contributed by atoms with E-state index in [1.165, 1.54) is 0 Å². The molecule has 0 bridgehead atoms. The van der Waals surface area contributed by atoms with Gasteiger partial charge >= 0.3 is 0 Å². The van der Waals surface area contributed by atoms with Crippen LogP contribution >= 0.6 is 0 Å². The van der Waals surface area contributed by atoms with Crippen molar-refractivity contribution >= 4 is 5.91 Å². The Hall–Kier alpha value is -1.36. The molecule has 0 radical (unpaired) electrons. The van der Waals surface area contributed by atoms with Crippen LogP contribution in [0.4, 0.5) is 0 Å². The maximum atomic E-state index is 12.4. The minimum absolute atomic E-state index is 0.0909. The lowest BCUT2D eigenvalue weighted by Gasteiger charge is -2.36. The lowest BCUT2D eigenvalue weighted by Crippen LogP contribution is -2.47. The molecule has 0 aromatic carbocycles. The highest BCUT2D eigenvalue weighted by Crippen LogP contribution is 2.42. The SMILES string of the molecule is CCC(C)n1ncc(C(=O)NCC2(O)CCC2)c1C1CC1. The molecule has 2 aliphatic rings. The van der Waals surface area contributed by atoms with Crippen molar-refractivity contribution in [3.05, 3.63) is 17.5 Å². The summed E-state index contributed by atoms with van der Waals surface area (Å²) < 4.78 is 2.02. The van der Waals surface area contributed by atoms with Crippen molar-refractivity contribution in [3.63, 3.8) is 0 Å². The van der Waals surface area contributed by atoms with Gasteiger partial charge in [0.2, 0.25) is 0 Å². The van der Waals surface area contributed by atoms with Gasteiger partial charge in [0.25, 0.3) is 5.91 Å². The summed E-state index contributed by atoms with van der Waals surface area (Å²) in [5.74, 6) is 0.390. The summed E-state index contributed by atoms with van der Waals surface area (Å²) in [4.78, 5) is 12.4. The summed E-state index contributed by atoms with van der Waals surface area (Å²) in [6.45, 7) is 4.62. The highest BCUT2D eigenvalue weighted by molar-refractivity contribution is 5.95. The van der Waals surface area contributed by atoms with Crippen LogP contribution in [0, 0.1) is 0 Å². The number of aromatic nitrogens is 2. The minimum Gasteiger partial charge on any atom is -0.388 e. The molecule has 0 saturated heterocycles. The number of aliphatic hydroxyl groups is 1. The fourth-order valence-corrected chi connectivity index (χ4v) is 2.94. The second kappa shape index (κ2) is 5.44. The molecule has 2 saturated carbocycles. The van der Waals surface area contributed by atoms with E-state index in [1.807, 2.05) is 4.68 Å². The van der Waals surface area contributed by atoms with Gasteiger partial charge in [0.15, 0.2) is 0 Å². The van der Waals surface area contributed by atoms with Crippen LogP contribution in [0.2, 0.25) is 0 Å². The number of hydrogen-bond donors (Lipinski definition) is 2. The third-order valence-electron chi connectivity index (χ3n) is 4.91. The van der Waals surface area contributed by atoms with E-state index in [0.29, 0.717) is 24.1 Å². The maximum absolute atomic E-state index is 12.4. The molecule has 1 aromatic rings. The molecule has 2 N–H and O–H groups in total. The summed E-state index contributed by atoms with van der Waals surface area (Å²) in [5.41, 5.74) is 1.10. The smallest absolute Gasteiger partial charge is 0.254 e. The monoisotopic (exact) mass is 291 g/mol. The maximum Gasteiger partial charge on any atom is 0.254 e. The second-order valence-electron chi connectivity index (χ2n) is 6.68. The highest BCUT2D eigenvalue weighted by atomic mass is 16.3. The van der Waals surface area contributed by atoms with Gasteiger partial charge in [-0.15, -0.1) is 0 Å². The van der Waals surface area contributed by atoms with Gasteiger partial charge in [-0.1, -0.05) is 6.92 Å². The van der Waals surface area contributed by atoms with E-state index in [2.05, 4.69) is 24.3 Å². The molecule has 1 atom stereocenters. The predicted molar refractivity (Wildman–Crippen MR) is 80.3 cm³/mol. The molecule has 2 aliphatic carbocycles. The van der Waals surface area contributed by atoms with Crippen molar-refractivity contribution in [2.75, 3.05) is 6.54 Å². The lowest BCUT2D eigenvalue weighted by atomic mass is 9.80. The van der Waals surface area contributed by atoms with Gasteiger partial charge in [0.05, 0.1) is 23.1 Å². The Kier molecular flexibility index (Phi) is 3.78. The fourth-order valence-electron chi connectivity index (χ4n) is 2.94. The van der Waals surface area contributed by atoms with Crippen molar-refractivity contribution in [3.8, 4) is 0 Å². The largest absolute Gasteiger partial charge is 0.388 e. The molecule has 5 heteroatoms. The Labute approximate surface area is 125 Å². The fraction of sp³-hybridized carbons (Fsp3) is 0.750. The van der Waals surface area contributed by atoms with Crippen molar-refractivity contribution in [1.29, 1.82) is 0 Å². The van der Waals surface area contributed by atoms with Gasteiger partial charge in [0.1, 0.15) is 0 Å². The number of carbonyl (C=O) groups excluding carboxylic acids is 1. The van der Waals surface area contributed by atoms with Crippen LogP contribution in [-0.2, 0) is 0 Å². The van der Waals surface area contributed by atoms with Crippen LogP contribution in [0.5, 0.6) is 0 Å². The number of hydrogen-bond acceptors (Lipinski definition) is 3. The zero-order valence-corrected chi connectivity index (χ0v) is 12.9. The first-order valence-electron chi connectivity index (χ1n) is 8.12. The number of carbonyl (C=O) groups is 1. The average molecular weight is 291 g/mol. The van der Waals surface area contributed by atoms with Gasteiger partial charge in [-0.25, -0.2) is 0 Å². The Morgan fingerprint density at radius 1 is 1.57 bits per heavy atom. The summed E-state index contributed by atoms with van der Waals surface area (Å²) in [6, 6.07) is 0.318. The Balaban J connectivity index is 1.74. The van der Waals surface area contributed by atoms with Gasteiger partial charge in [0, 0.05) is 18.5 Å². The number of amides is 1. The van der Waals surface area contributed by atoms with E-state index in [4.69, 9.17) is 0 Å². The molecule has 5 nitrogen and oxygen atoms in total. The van der Waals surface area contributed by atoms with Crippen LogP contribution in [0.25, 0.3) is 0 Å². The van der Waals surface area contributed by atoms with Crippen molar-refractivity contribution in [2.45, 2.75) is 69.9 Å². The van der Waals surface area contributed by atoms with E-state index in [1.54, 1.807) is 6.20 Å².